The summed E-state index contributed by atoms with van der Waals surface area (Å²) in [6, 6.07) is -4.24. The number of hydrogen-bond donors (Lipinski definition) is 9. The van der Waals surface area contributed by atoms with Crippen LogP contribution in [0.2, 0.25) is 0 Å². The number of carbonyl (C=O) groups excluding carboxylic acids is 3. The van der Waals surface area contributed by atoms with Crippen molar-refractivity contribution in [2.75, 3.05) is 13.1 Å². The number of nitrogens with zero attached hydrogens (tertiary/aromatic N) is 1. The second-order valence-corrected chi connectivity index (χ2v) is 7.10. The van der Waals surface area contributed by atoms with Crippen molar-refractivity contribution in [2.45, 2.75) is 56.7 Å². The molecular formula is C18H31N7O9. The highest BCUT2D eigenvalue weighted by molar-refractivity contribution is 5.93. The molecule has 3 atom stereocenters. The Morgan fingerprint density at radius 3 is 1.65 bits per heavy atom. The minimum absolute atomic E-state index is 0.0397. The molecule has 3 amide bonds. The van der Waals surface area contributed by atoms with Gasteiger partial charge in [-0.05, 0) is 25.7 Å². The van der Waals surface area contributed by atoms with Crippen molar-refractivity contribution in [1.29, 1.82) is 0 Å². The van der Waals surface area contributed by atoms with Crippen molar-refractivity contribution >= 4 is 41.6 Å². The molecule has 0 rings (SSSR count). The molecule has 34 heavy (non-hydrogen) atoms. The first-order valence-corrected chi connectivity index (χ1v) is 10.2. The zero-order valence-corrected chi connectivity index (χ0v) is 18.4. The topological polar surface area (TPSA) is 290 Å². The number of nitrogens with two attached hydrogens (primary N) is 3. The maximum absolute atomic E-state index is 12.7. The van der Waals surface area contributed by atoms with Gasteiger partial charge in [0.2, 0.25) is 17.7 Å². The summed E-state index contributed by atoms with van der Waals surface area (Å²) in [7, 11) is 0. The van der Waals surface area contributed by atoms with Crippen molar-refractivity contribution in [3.8, 4) is 0 Å². The van der Waals surface area contributed by atoms with Crippen LogP contribution in [0.5, 0.6) is 0 Å². The molecule has 0 aromatic carbocycles. The Hall–Kier alpha value is -3.95. The molecule has 0 aliphatic carbocycles. The molecule has 3 unspecified atom stereocenters. The molecule has 0 saturated heterocycles. The number of nitrogens with one attached hydrogen (secondary N) is 3. The van der Waals surface area contributed by atoms with Gasteiger partial charge in [0.15, 0.2) is 5.96 Å². The third-order valence-corrected chi connectivity index (χ3v) is 4.32. The summed E-state index contributed by atoms with van der Waals surface area (Å²) in [6.07, 6.45) is -1.64. The maximum Gasteiger partial charge on any atom is 0.326 e. The lowest BCUT2D eigenvalue weighted by Crippen LogP contribution is -2.56. The van der Waals surface area contributed by atoms with E-state index in [1.165, 1.54) is 0 Å². The van der Waals surface area contributed by atoms with Crippen molar-refractivity contribution < 1.29 is 44.1 Å². The van der Waals surface area contributed by atoms with Gasteiger partial charge < -0.3 is 48.5 Å². The summed E-state index contributed by atoms with van der Waals surface area (Å²) in [4.78, 5) is 73.8. The van der Waals surface area contributed by atoms with Crippen LogP contribution in [0.25, 0.3) is 0 Å². The summed E-state index contributed by atoms with van der Waals surface area (Å²) < 4.78 is 0. The largest absolute Gasteiger partial charge is 0.481 e. The van der Waals surface area contributed by atoms with E-state index in [0.717, 1.165) is 0 Å². The second-order valence-electron chi connectivity index (χ2n) is 7.10. The molecule has 192 valence electrons. The van der Waals surface area contributed by atoms with E-state index in [1.807, 2.05) is 0 Å². The number of amides is 3. The SMILES string of the molecule is NCC(=O)NC(CCCN=C(N)N)C(=O)NC(CCC(=O)O)C(=O)NC(CCC(=O)O)C(=O)O. The first-order chi connectivity index (χ1) is 15.9. The third kappa shape index (κ3) is 13.5. The number of hydrogen-bond acceptors (Lipinski definition) is 8. The first kappa shape index (κ1) is 30.1. The van der Waals surface area contributed by atoms with Gasteiger partial charge >= 0.3 is 17.9 Å². The molecular weight excluding hydrogens is 458 g/mol. The summed E-state index contributed by atoms with van der Waals surface area (Å²) in [6.45, 7) is -0.290. The first-order valence-electron chi connectivity index (χ1n) is 10.2. The van der Waals surface area contributed by atoms with Crippen LogP contribution in [0, 0.1) is 0 Å². The van der Waals surface area contributed by atoms with Crippen LogP contribution in [0.3, 0.4) is 0 Å². The van der Waals surface area contributed by atoms with E-state index in [9.17, 15) is 33.9 Å². The van der Waals surface area contributed by atoms with E-state index in [0.29, 0.717) is 0 Å². The number of guanidine groups is 1. The Balaban J connectivity index is 5.47. The number of rotatable bonds is 17. The molecule has 0 bridgehead atoms. The third-order valence-electron chi connectivity index (χ3n) is 4.32. The lowest BCUT2D eigenvalue weighted by molar-refractivity contribution is -0.144. The fourth-order valence-electron chi connectivity index (χ4n) is 2.63. The fourth-order valence-corrected chi connectivity index (χ4v) is 2.63. The van der Waals surface area contributed by atoms with Gasteiger partial charge in [-0.3, -0.25) is 29.0 Å². The highest BCUT2D eigenvalue weighted by Crippen LogP contribution is 2.05. The fraction of sp³-hybridized carbons (Fsp3) is 0.611. The normalized spacial score (nSPS) is 13.0. The number of aliphatic carboxylic acids is 3. The van der Waals surface area contributed by atoms with E-state index in [-0.39, 0.29) is 25.3 Å². The quantitative estimate of drug-likeness (QED) is 0.0541. The smallest absolute Gasteiger partial charge is 0.326 e. The molecule has 0 aromatic rings. The lowest BCUT2D eigenvalue weighted by Gasteiger charge is -2.24. The summed E-state index contributed by atoms with van der Waals surface area (Å²) >= 11 is 0. The molecule has 0 saturated carbocycles. The number of carboxylic acid groups (broad SMARTS) is 3. The van der Waals surface area contributed by atoms with E-state index < -0.39 is 86.0 Å². The van der Waals surface area contributed by atoms with Gasteiger partial charge in [-0.15, -0.1) is 0 Å². The van der Waals surface area contributed by atoms with Gasteiger partial charge in [0.05, 0.1) is 6.54 Å². The van der Waals surface area contributed by atoms with E-state index >= 15 is 0 Å². The monoisotopic (exact) mass is 489 g/mol. The molecule has 0 heterocycles. The molecule has 16 nitrogen and oxygen atoms in total. The average molecular weight is 489 g/mol. The molecule has 0 aliphatic rings. The van der Waals surface area contributed by atoms with Crippen LogP contribution in [0.4, 0.5) is 0 Å². The predicted octanol–water partition coefficient (Wildman–Crippen LogP) is -3.73. The van der Waals surface area contributed by atoms with Crippen molar-refractivity contribution in [3.05, 3.63) is 0 Å². The minimum Gasteiger partial charge on any atom is -0.481 e. The summed E-state index contributed by atoms with van der Waals surface area (Å²) in [5, 5.41) is 33.6. The average Bonchev–Trinajstić information content (AvgIpc) is 2.74. The Morgan fingerprint density at radius 1 is 0.735 bits per heavy atom. The number of aliphatic imine (C=N–C) groups is 1. The molecule has 16 heteroatoms. The summed E-state index contributed by atoms with van der Waals surface area (Å²) in [5.74, 6) is -6.80. The number of carboxylic acids is 3. The van der Waals surface area contributed by atoms with Gasteiger partial charge in [-0.2, -0.15) is 0 Å². The van der Waals surface area contributed by atoms with E-state index in [1.54, 1.807) is 0 Å². The molecule has 12 N–H and O–H groups in total. The second kappa shape index (κ2) is 15.8. The van der Waals surface area contributed by atoms with Gasteiger partial charge in [0.25, 0.3) is 0 Å². The lowest BCUT2D eigenvalue weighted by atomic mass is 10.1. The molecule has 0 radical (unpaired) electrons. The highest BCUT2D eigenvalue weighted by Gasteiger charge is 2.30. The van der Waals surface area contributed by atoms with Crippen LogP contribution in [0.15, 0.2) is 4.99 Å². The Morgan fingerprint density at radius 2 is 1.21 bits per heavy atom. The molecule has 0 spiro atoms. The minimum atomic E-state index is -1.58. The predicted molar refractivity (Wildman–Crippen MR) is 116 cm³/mol. The molecule has 0 fully saturated rings. The molecule has 0 aliphatic heterocycles. The highest BCUT2D eigenvalue weighted by atomic mass is 16.4. The van der Waals surface area contributed by atoms with Crippen molar-refractivity contribution in [2.24, 2.45) is 22.2 Å². The van der Waals surface area contributed by atoms with Gasteiger partial charge in [-0.25, -0.2) is 4.79 Å². The summed E-state index contributed by atoms with van der Waals surface area (Å²) in [5.41, 5.74) is 15.7. The Bertz CT molecular complexity index is 784. The van der Waals surface area contributed by atoms with Crippen LogP contribution in [-0.4, -0.2) is 88.1 Å². The standard InChI is InChI=1S/C18H31N7O9/c19-8-12(26)23-9(2-1-7-22-18(20)21)15(31)24-10(3-5-13(27)28)16(32)25-11(17(33)34)4-6-14(29)30/h9-11H,1-8,19H2,(H,23,26)(H,24,31)(H,25,32)(H,27,28)(H,29,30)(H,33,34)(H4,20,21,22). The van der Waals surface area contributed by atoms with E-state index in [2.05, 4.69) is 20.9 Å². The van der Waals surface area contributed by atoms with Gasteiger partial charge in [-0.1, -0.05) is 0 Å². The van der Waals surface area contributed by atoms with Crippen LogP contribution >= 0.6 is 0 Å². The molecule has 0 aromatic heterocycles. The number of carbonyl (C=O) groups is 6. The van der Waals surface area contributed by atoms with Crippen LogP contribution in [0.1, 0.15) is 38.5 Å². The van der Waals surface area contributed by atoms with Gasteiger partial charge in [0.1, 0.15) is 18.1 Å². The van der Waals surface area contributed by atoms with E-state index in [4.69, 9.17) is 27.4 Å². The zero-order valence-electron chi connectivity index (χ0n) is 18.4. The van der Waals surface area contributed by atoms with Crippen molar-refractivity contribution in [1.82, 2.24) is 16.0 Å². The van der Waals surface area contributed by atoms with Gasteiger partial charge in [0, 0.05) is 19.4 Å². The maximum atomic E-state index is 12.7. The van der Waals surface area contributed by atoms with Crippen molar-refractivity contribution in [3.63, 3.8) is 0 Å². The van der Waals surface area contributed by atoms with Crippen LogP contribution in [-0.2, 0) is 28.8 Å². The zero-order chi connectivity index (χ0) is 26.3. The van der Waals surface area contributed by atoms with Crippen LogP contribution < -0.4 is 33.2 Å². The Labute approximate surface area is 194 Å². The Kier molecular flexibility index (Phi) is 14.0.